The summed E-state index contributed by atoms with van der Waals surface area (Å²) in [4.78, 5) is 7.64. The summed E-state index contributed by atoms with van der Waals surface area (Å²) in [6, 6.07) is -0.855. The molecule has 0 aliphatic carbocycles. The predicted octanol–water partition coefficient (Wildman–Crippen LogP) is 2.79. The van der Waals surface area contributed by atoms with E-state index in [1.54, 1.807) is 0 Å². The molecule has 66 valence electrons. The van der Waals surface area contributed by atoms with Gasteiger partial charge in [0.15, 0.2) is 0 Å². The molecule has 5 heteroatoms. The van der Waals surface area contributed by atoms with Crippen LogP contribution in [0.2, 0.25) is 0 Å². The molecule has 0 bridgehead atoms. The summed E-state index contributed by atoms with van der Waals surface area (Å²) in [5, 5.41) is 0. The zero-order valence-corrected chi connectivity index (χ0v) is 9.27. The van der Waals surface area contributed by atoms with Gasteiger partial charge in [0.1, 0.15) is 22.7 Å². The van der Waals surface area contributed by atoms with Crippen LogP contribution in [0, 0.1) is 0 Å². The Hall–Kier alpha value is -0.680. The normalized spacial score (nSPS) is 15.7. The van der Waals surface area contributed by atoms with Gasteiger partial charge in [-0.25, -0.2) is 9.97 Å². The fraction of sp³-hybridized carbons (Fsp3) is 0. The highest BCUT2D eigenvalue weighted by molar-refractivity contribution is 9.10. The topological polar surface area (TPSA) is 30.7 Å². The largest absolute Gasteiger partial charge is 0.289 e. The minimum atomic E-state index is -0.324. The summed E-state index contributed by atoms with van der Waals surface area (Å²) in [5.41, 5.74) is 0. The lowest BCUT2D eigenvalue weighted by atomic mass is 10.5. The summed E-state index contributed by atoms with van der Waals surface area (Å²) in [7, 11) is 0. The third-order valence-electron chi connectivity index (χ3n) is 1.21. The highest BCUT2D eigenvalue weighted by atomic mass is 79.9. The van der Waals surface area contributed by atoms with Crippen LogP contribution < -0.4 is 0 Å². The highest BCUT2D eigenvalue weighted by Gasteiger charge is 1.99. The molecule has 0 spiro atoms. The molecular formula is C8H5Br2N3. The second-order valence-electron chi connectivity index (χ2n) is 2.05. The van der Waals surface area contributed by atoms with E-state index in [1.165, 1.54) is 0 Å². The fourth-order valence-electron chi connectivity index (χ4n) is 0.730. The number of aromatic nitrogens is 3. The number of hydrogen-bond acceptors (Lipinski definition) is 2. The summed E-state index contributed by atoms with van der Waals surface area (Å²) >= 11 is 6.03. The SMILES string of the molecule is [2H]c1c(Br)nc(-n2c([2H])nc(Br)c2[2H])c([2H])c1[2H]. The number of nitrogens with zero attached hydrogens (tertiary/aromatic N) is 3. The molecule has 2 aromatic rings. The summed E-state index contributed by atoms with van der Waals surface area (Å²) < 4.78 is 39.5. The molecule has 0 atom stereocenters. The summed E-state index contributed by atoms with van der Waals surface area (Å²) in [5.74, 6) is -0.0731. The van der Waals surface area contributed by atoms with Gasteiger partial charge in [-0.1, -0.05) is 6.04 Å². The van der Waals surface area contributed by atoms with Crippen LogP contribution in [0.5, 0.6) is 0 Å². The van der Waals surface area contributed by atoms with Crippen LogP contribution >= 0.6 is 31.9 Å². The van der Waals surface area contributed by atoms with E-state index >= 15 is 0 Å². The first kappa shape index (κ1) is 4.70. The van der Waals surface area contributed by atoms with E-state index in [-0.39, 0.29) is 45.6 Å². The maximum atomic E-state index is 7.75. The van der Waals surface area contributed by atoms with Crippen molar-refractivity contribution in [1.29, 1.82) is 0 Å². The standard InChI is InChI=1S/C8H5Br2N3/c9-6-2-1-3-8(12-6)13-4-7(10)11-5-13/h1-5H/i1D,2D,3D,4D,5D. The Kier molecular flexibility index (Phi) is 1.30. The van der Waals surface area contributed by atoms with Crippen LogP contribution in [0.3, 0.4) is 0 Å². The number of halogens is 2. The molecule has 0 unspecified atom stereocenters. The molecule has 0 aromatic carbocycles. The van der Waals surface area contributed by atoms with Gasteiger partial charge in [0.25, 0.3) is 0 Å². The van der Waals surface area contributed by atoms with Crippen molar-refractivity contribution in [2.24, 2.45) is 0 Å². The average Bonchev–Trinajstić information content (AvgIpc) is 2.56. The Balaban J connectivity index is 2.80. The van der Waals surface area contributed by atoms with Crippen molar-refractivity contribution in [3.8, 4) is 5.82 Å². The lowest BCUT2D eigenvalue weighted by Crippen LogP contribution is -1.93. The molecule has 2 rings (SSSR count). The molecular weight excluding hydrogens is 298 g/mol. The van der Waals surface area contributed by atoms with Gasteiger partial charge < -0.3 is 0 Å². The maximum absolute atomic E-state index is 7.75. The third-order valence-corrected chi connectivity index (χ3v) is 1.94. The van der Waals surface area contributed by atoms with Gasteiger partial charge >= 0.3 is 0 Å². The Morgan fingerprint density at radius 3 is 2.85 bits per heavy atom. The molecule has 2 aromatic heterocycles. The van der Waals surface area contributed by atoms with Crippen molar-refractivity contribution in [1.82, 2.24) is 14.5 Å². The summed E-state index contributed by atoms with van der Waals surface area (Å²) in [6.07, 6.45) is -0.401. The van der Waals surface area contributed by atoms with Crippen LogP contribution in [0.1, 0.15) is 6.85 Å². The van der Waals surface area contributed by atoms with Crippen molar-refractivity contribution in [2.45, 2.75) is 0 Å². The van der Waals surface area contributed by atoms with Gasteiger partial charge in [-0.3, -0.25) is 4.57 Å². The van der Waals surface area contributed by atoms with Crippen LogP contribution in [-0.4, -0.2) is 14.5 Å². The number of imidazole rings is 1. The molecule has 0 aliphatic heterocycles. The average molecular weight is 308 g/mol. The van der Waals surface area contributed by atoms with Crippen LogP contribution in [0.4, 0.5) is 0 Å². The Labute approximate surface area is 99.1 Å². The second-order valence-corrected chi connectivity index (χ2v) is 3.55. The van der Waals surface area contributed by atoms with Gasteiger partial charge in [0, 0.05) is 6.17 Å². The first-order valence-electron chi connectivity index (χ1n) is 5.69. The lowest BCUT2D eigenvalue weighted by molar-refractivity contribution is 0.984. The molecule has 0 N–H and O–H groups in total. The van der Waals surface area contributed by atoms with Crippen LogP contribution in [0.15, 0.2) is 39.8 Å². The Morgan fingerprint density at radius 1 is 1.31 bits per heavy atom. The van der Waals surface area contributed by atoms with Crippen molar-refractivity contribution in [3.05, 3.63) is 39.8 Å². The van der Waals surface area contributed by atoms with E-state index in [0.717, 1.165) is 4.57 Å². The van der Waals surface area contributed by atoms with Crippen molar-refractivity contribution < 1.29 is 6.85 Å². The predicted molar refractivity (Wildman–Crippen MR) is 56.8 cm³/mol. The van der Waals surface area contributed by atoms with E-state index in [0.29, 0.717) is 0 Å². The summed E-state index contributed by atoms with van der Waals surface area (Å²) in [6.45, 7) is 0. The van der Waals surface area contributed by atoms with Crippen LogP contribution in [0.25, 0.3) is 5.82 Å². The maximum Gasteiger partial charge on any atom is 0.139 e. The van der Waals surface area contributed by atoms with E-state index in [9.17, 15) is 0 Å². The van der Waals surface area contributed by atoms with Gasteiger partial charge in [-0.15, -0.1) is 0 Å². The molecule has 3 nitrogen and oxygen atoms in total. The third kappa shape index (κ3) is 1.97. The number of hydrogen-bond donors (Lipinski definition) is 0. The first-order chi connectivity index (χ1) is 8.34. The minimum absolute atomic E-state index is 0.0731. The number of rotatable bonds is 1. The molecule has 0 radical (unpaired) electrons. The molecule has 2 heterocycles. The van der Waals surface area contributed by atoms with Gasteiger partial charge in [-0.2, -0.15) is 0 Å². The van der Waals surface area contributed by atoms with E-state index in [1.807, 2.05) is 0 Å². The zero-order valence-electron chi connectivity index (χ0n) is 11.1. The molecule has 0 aliphatic rings. The lowest BCUT2D eigenvalue weighted by Gasteiger charge is -1.99. The second kappa shape index (κ2) is 3.59. The fourth-order valence-corrected chi connectivity index (χ4v) is 1.25. The van der Waals surface area contributed by atoms with E-state index in [4.69, 9.17) is 6.85 Å². The van der Waals surface area contributed by atoms with Gasteiger partial charge in [0.05, 0.1) is 5.48 Å². The molecule has 0 amide bonds. The van der Waals surface area contributed by atoms with Crippen LogP contribution in [-0.2, 0) is 0 Å². The van der Waals surface area contributed by atoms with Gasteiger partial charge in [-0.05, 0) is 43.9 Å². The molecule has 0 saturated carbocycles. The Morgan fingerprint density at radius 2 is 2.15 bits per heavy atom. The highest BCUT2D eigenvalue weighted by Crippen LogP contribution is 2.12. The molecule has 0 fully saturated rings. The number of pyridine rings is 1. The van der Waals surface area contributed by atoms with Crippen molar-refractivity contribution in [3.63, 3.8) is 0 Å². The van der Waals surface area contributed by atoms with Crippen molar-refractivity contribution in [2.75, 3.05) is 0 Å². The molecule has 0 saturated heterocycles. The smallest absolute Gasteiger partial charge is 0.139 e. The first-order valence-corrected chi connectivity index (χ1v) is 4.78. The zero-order chi connectivity index (χ0) is 13.6. The van der Waals surface area contributed by atoms with E-state index < -0.39 is 0 Å². The monoisotopic (exact) mass is 306 g/mol. The van der Waals surface area contributed by atoms with Gasteiger partial charge in [0.2, 0.25) is 0 Å². The van der Waals surface area contributed by atoms with Crippen molar-refractivity contribution >= 4 is 31.9 Å². The van der Waals surface area contributed by atoms with E-state index in [2.05, 4.69) is 41.8 Å². The molecule has 13 heavy (non-hydrogen) atoms. The Bertz CT molecular complexity index is 642. The quantitative estimate of drug-likeness (QED) is 0.759. The minimum Gasteiger partial charge on any atom is -0.289 e.